The van der Waals surface area contributed by atoms with Gasteiger partial charge in [0.15, 0.2) is 0 Å². The quantitative estimate of drug-likeness (QED) is 0.747. The van der Waals surface area contributed by atoms with Crippen LogP contribution in [0.3, 0.4) is 0 Å². The van der Waals surface area contributed by atoms with E-state index in [0.29, 0.717) is 22.6 Å². The van der Waals surface area contributed by atoms with E-state index in [1.165, 1.54) is 26.4 Å². The third-order valence-corrected chi connectivity index (χ3v) is 1.97. The minimum atomic E-state index is -0.661. The highest BCUT2D eigenvalue weighted by Gasteiger charge is 2.10. The van der Waals surface area contributed by atoms with Crippen molar-refractivity contribution < 1.29 is 18.3 Å². The van der Waals surface area contributed by atoms with Gasteiger partial charge in [-0.15, -0.1) is 0 Å². The van der Waals surface area contributed by atoms with E-state index in [9.17, 15) is 8.78 Å². The Morgan fingerprint density at radius 3 is 1.50 bits per heavy atom. The Morgan fingerprint density at radius 2 is 1.29 bits per heavy atom. The lowest BCUT2D eigenvalue weighted by atomic mass is 10.1. The molecule has 0 aliphatic carbocycles. The molecule has 0 spiro atoms. The first-order valence-corrected chi connectivity index (χ1v) is 4.12. The molecular formula is C10H12F2O2. The molecular weight excluding hydrogens is 190 g/mol. The highest BCUT2D eigenvalue weighted by Crippen LogP contribution is 2.29. The van der Waals surface area contributed by atoms with Crippen LogP contribution >= 0.6 is 0 Å². The van der Waals surface area contributed by atoms with Gasteiger partial charge >= 0.3 is 0 Å². The molecule has 1 aromatic carbocycles. The minimum absolute atomic E-state index is 0.348. The van der Waals surface area contributed by atoms with Crippen LogP contribution in [-0.2, 0) is 13.3 Å². The zero-order valence-corrected chi connectivity index (χ0v) is 8.14. The van der Waals surface area contributed by atoms with Crippen LogP contribution < -0.4 is 9.47 Å². The van der Waals surface area contributed by atoms with Crippen LogP contribution in [-0.4, -0.2) is 14.2 Å². The smallest absolute Gasteiger partial charge is 0.125 e. The third-order valence-electron chi connectivity index (χ3n) is 1.97. The van der Waals surface area contributed by atoms with Crippen molar-refractivity contribution in [1.29, 1.82) is 0 Å². The van der Waals surface area contributed by atoms with E-state index in [-0.39, 0.29) is 0 Å². The molecule has 0 aromatic heterocycles. The van der Waals surface area contributed by atoms with E-state index in [4.69, 9.17) is 9.47 Å². The Balaban J connectivity index is 3.20. The van der Waals surface area contributed by atoms with Gasteiger partial charge in [-0.25, -0.2) is 8.78 Å². The summed E-state index contributed by atoms with van der Waals surface area (Å²) >= 11 is 0. The van der Waals surface area contributed by atoms with Crippen molar-refractivity contribution >= 4 is 0 Å². The average Bonchev–Trinajstić information content (AvgIpc) is 2.26. The largest absolute Gasteiger partial charge is 0.496 e. The molecule has 0 amide bonds. The van der Waals surface area contributed by atoms with E-state index in [2.05, 4.69) is 0 Å². The van der Waals surface area contributed by atoms with Gasteiger partial charge in [0.25, 0.3) is 0 Å². The molecule has 0 atom stereocenters. The highest BCUT2D eigenvalue weighted by atomic mass is 19.1. The lowest BCUT2D eigenvalue weighted by molar-refractivity contribution is 0.374. The fourth-order valence-electron chi connectivity index (χ4n) is 1.23. The lowest BCUT2D eigenvalue weighted by Gasteiger charge is -2.11. The van der Waals surface area contributed by atoms with Gasteiger partial charge in [0.1, 0.15) is 24.8 Å². The van der Waals surface area contributed by atoms with Gasteiger partial charge in [-0.2, -0.15) is 0 Å². The predicted molar refractivity (Wildman–Crippen MR) is 49.2 cm³/mol. The lowest BCUT2D eigenvalue weighted by Crippen LogP contribution is -1.96. The summed E-state index contributed by atoms with van der Waals surface area (Å²) < 4.78 is 34.8. The van der Waals surface area contributed by atoms with Crippen LogP contribution in [0.4, 0.5) is 8.78 Å². The molecule has 0 fully saturated rings. The zero-order valence-electron chi connectivity index (χ0n) is 8.14. The second-order valence-electron chi connectivity index (χ2n) is 2.74. The van der Waals surface area contributed by atoms with Crippen molar-refractivity contribution in [3.63, 3.8) is 0 Å². The standard InChI is InChI=1S/C10H12F2O2/c1-13-9-3-8(6-12)10(14-2)4-7(9)5-11/h3-4H,5-6H2,1-2H3. The Morgan fingerprint density at radius 1 is 0.929 bits per heavy atom. The fraction of sp³-hybridized carbons (Fsp3) is 0.400. The molecule has 0 N–H and O–H groups in total. The van der Waals surface area contributed by atoms with Gasteiger partial charge < -0.3 is 9.47 Å². The topological polar surface area (TPSA) is 18.5 Å². The minimum Gasteiger partial charge on any atom is -0.496 e. The Labute approximate surface area is 81.4 Å². The molecule has 0 saturated heterocycles. The number of benzene rings is 1. The summed E-state index contributed by atoms with van der Waals surface area (Å²) in [4.78, 5) is 0. The van der Waals surface area contributed by atoms with Crippen molar-refractivity contribution in [1.82, 2.24) is 0 Å². The van der Waals surface area contributed by atoms with E-state index in [0.717, 1.165) is 0 Å². The summed E-state index contributed by atoms with van der Waals surface area (Å²) in [6.45, 7) is -1.32. The predicted octanol–water partition coefficient (Wildman–Crippen LogP) is 2.64. The van der Waals surface area contributed by atoms with Crippen molar-refractivity contribution in [3.8, 4) is 11.5 Å². The summed E-state index contributed by atoms with van der Waals surface area (Å²) in [6.07, 6.45) is 0. The average molecular weight is 202 g/mol. The number of methoxy groups -OCH3 is 2. The van der Waals surface area contributed by atoms with Gasteiger partial charge in [0.2, 0.25) is 0 Å². The summed E-state index contributed by atoms with van der Waals surface area (Å²) in [7, 11) is 2.84. The molecule has 0 aliphatic rings. The van der Waals surface area contributed by atoms with Gasteiger partial charge in [0, 0.05) is 11.1 Å². The van der Waals surface area contributed by atoms with Crippen LogP contribution in [0.5, 0.6) is 11.5 Å². The molecule has 0 unspecified atom stereocenters. The molecule has 78 valence electrons. The van der Waals surface area contributed by atoms with E-state index in [1.54, 1.807) is 0 Å². The zero-order chi connectivity index (χ0) is 10.6. The molecule has 0 bridgehead atoms. The first-order chi connectivity index (χ1) is 6.76. The van der Waals surface area contributed by atoms with Crippen molar-refractivity contribution in [3.05, 3.63) is 23.3 Å². The van der Waals surface area contributed by atoms with Crippen LogP contribution in [0.15, 0.2) is 12.1 Å². The van der Waals surface area contributed by atoms with Crippen molar-refractivity contribution in [2.45, 2.75) is 13.3 Å². The van der Waals surface area contributed by atoms with Gasteiger partial charge in [0.05, 0.1) is 14.2 Å². The number of alkyl halides is 2. The van der Waals surface area contributed by atoms with Crippen molar-refractivity contribution in [2.24, 2.45) is 0 Å². The molecule has 0 aliphatic heterocycles. The molecule has 0 saturated carbocycles. The fourth-order valence-corrected chi connectivity index (χ4v) is 1.23. The van der Waals surface area contributed by atoms with Crippen LogP contribution in [0, 0.1) is 0 Å². The Hall–Kier alpha value is -1.32. The monoisotopic (exact) mass is 202 g/mol. The summed E-state index contributed by atoms with van der Waals surface area (Å²) in [6, 6.07) is 2.90. The van der Waals surface area contributed by atoms with E-state index in [1.807, 2.05) is 0 Å². The maximum absolute atomic E-state index is 12.5. The van der Waals surface area contributed by atoms with Crippen LogP contribution in [0.1, 0.15) is 11.1 Å². The molecule has 1 rings (SSSR count). The van der Waals surface area contributed by atoms with E-state index < -0.39 is 13.3 Å². The second-order valence-corrected chi connectivity index (χ2v) is 2.74. The number of hydrogen-bond donors (Lipinski definition) is 0. The number of halogens is 2. The third kappa shape index (κ3) is 1.95. The van der Waals surface area contributed by atoms with Gasteiger partial charge in [-0.1, -0.05) is 0 Å². The molecule has 0 heterocycles. The van der Waals surface area contributed by atoms with Crippen LogP contribution in [0.2, 0.25) is 0 Å². The first-order valence-electron chi connectivity index (χ1n) is 4.12. The normalized spacial score (nSPS) is 10.0. The summed E-state index contributed by atoms with van der Waals surface area (Å²) in [5.74, 6) is 0.696. The molecule has 0 radical (unpaired) electrons. The van der Waals surface area contributed by atoms with Gasteiger partial charge in [-0.05, 0) is 12.1 Å². The number of hydrogen-bond acceptors (Lipinski definition) is 2. The number of ether oxygens (including phenoxy) is 2. The molecule has 2 nitrogen and oxygen atoms in total. The molecule has 4 heteroatoms. The maximum atomic E-state index is 12.5. The SMILES string of the molecule is COc1cc(CF)c(OC)cc1CF. The van der Waals surface area contributed by atoms with Gasteiger partial charge in [-0.3, -0.25) is 0 Å². The van der Waals surface area contributed by atoms with Crippen molar-refractivity contribution in [2.75, 3.05) is 14.2 Å². The second kappa shape index (κ2) is 4.79. The maximum Gasteiger partial charge on any atom is 0.125 e. The van der Waals surface area contributed by atoms with E-state index >= 15 is 0 Å². The Bertz CT molecular complexity index is 255. The molecule has 14 heavy (non-hydrogen) atoms. The van der Waals surface area contributed by atoms with Crippen LogP contribution in [0.25, 0.3) is 0 Å². The Kier molecular flexibility index (Phi) is 3.68. The summed E-state index contributed by atoms with van der Waals surface area (Å²) in [5, 5.41) is 0. The molecule has 1 aromatic rings. The number of rotatable bonds is 4. The summed E-state index contributed by atoms with van der Waals surface area (Å²) in [5.41, 5.74) is 0.725. The highest BCUT2D eigenvalue weighted by molar-refractivity contribution is 5.46. The first kappa shape index (κ1) is 10.8.